The van der Waals surface area contributed by atoms with E-state index in [9.17, 15) is 37.8 Å². The summed E-state index contributed by atoms with van der Waals surface area (Å²) in [5.74, 6) is -1.56. The number of pyridine rings is 2. The molecule has 5 heterocycles. The molecule has 4 aliphatic rings. The summed E-state index contributed by atoms with van der Waals surface area (Å²) < 4.78 is 57.2. The lowest BCUT2D eigenvalue weighted by Crippen LogP contribution is -2.45. The summed E-state index contributed by atoms with van der Waals surface area (Å²) >= 11 is 0. The van der Waals surface area contributed by atoms with Crippen LogP contribution in [0.15, 0.2) is 16.9 Å². The van der Waals surface area contributed by atoms with E-state index in [1.54, 1.807) is 13.0 Å². The van der Waals surface area contributed by atoms with E-state index in [1.165, 1.54) is 10.6 Å². The van der Waals surface area contributed by atoms with Crippen LogP contribution >= 0.6 is 0 Å². The monoisotopic (exact) mass is 573 g/mol. The molecule has 14 heteroatoms. The maximum absolute atomic E-state index is 13.6. The van der Waals surface area contributed by atoms with E-state index in [0.29, 0.717) is 56.9 Å². The topological polar surface area (TPSA) is 149 Å². The molecular weight excluding hydrogens is 551 g/mol. The SMILES string of the molecule is CC[C@@]1(O)C(=O)OCc2c1cc1n(c2=O)Cc2c-1nc1cc3c(c4c1c2[C@@H](NC(=O)[C@H](O)C(F)(F)F)CC4)OCO3. The summed E-state index contributed by atoms with van der Waals surface area (Å²) in [6.45, 7) is 1.20. The lowest BCUT2D eigenvalue weighted by molar-refractivity contribution is -0.205. The Morgan fingerprint density at radius 3 is 2.73 bits per heavy atom. The Bertz CT molecular complexity index is 1770. The molecule has 0 unspecified atom stereocenters. The van der Waals surface area contributed by atoms with Crippen LogP contribution in [0.4, 0.5) is 13.2 Å². The molecule has 214 valence electrons. The van der Waals surface area contributed by atoms with Gasteiger partial charge in [0.25, 0.3) is 11.5 Å². The van der Waals surface area contributed by atoms with Crippen LogP contribution in [0.3, 0.4) is 0 Å². The number of rotatable bonds is 3. The minimum Gasteiger partial charge on any atom is -0.458 e. The quantitative estimate of drug-likeness (QED) is 0.312. The number of fused-ring (bicyclic) bond motifs is 7. The number of amides is 1. The molecule has 1 aliphatic carbocycles. The molecule has 0 fully saturated rings. The Hall–Kier alpha value is -4.17. The largest absolute Gasteiger partial charge is 0.458 e. The number of benzene rings is 1. The first kappa shape index (κ1) is 25.8. The first-order chi connectivity index (χ1) is 19.4. The molecule has 3 aromatic rings. The van der Waals surface area contributed by atoms with E-state index in [-0.39, 0.29) is 43.9 Å². The van der Waals surface area contributed by atoms with Crippen molar-refractivity contribution in [3.05, 3.63) is 50.3 Å². The molecule has 0 saturated carbocycles. The van der Waals surface area contributed by atoms with Gasteiger partial charge in [0, 0.05) is 28.1 Å². The zero-order valence-electron chi connectivity index (χ0n) is 21.4. The number of alkyl halides is 3. The van der Waals surface area contributed by atoms with Gasteiger partial charge in [-0.1, -0.05) is 6.92 Å². The highest BCUT2D eigenvalue weighted by Crippen LogP contribution is 2.50. The predicted octanol–water partition coefficient (Wildman–Crippen LogP) is 1.83. The van der Waals surface area contributed by atoms with E-state index in [2.05, 4.69) is 5.32 Å². The van der Waals surface area contributed by atoms with Crippen LogP contribution < -0.4 is 20.3 Å². The normalized spacial score (nSPS) is 22.6. The Labute approximate surface area is 228 Å². The van der Waals surface area contributed by atoms with Crippen LogP contribution in [0.2, 0.25) is 0 Å². The van der Waals surface area contributed by atoms with E-state index in [1.807, 2.05) is 0 Å². The second kappa shape index (κ2) is 8.42. The van der Waals surface area contributed by atoms with Crippen molar-refractivity contribution in [2.45, 2.75) is 63.3 Å². The van der Waals surface area contributed by atoms with Crippen molar-refractivity contribution >= 4 is 22.8 Å². The number of carbonyl (C=O) groups is 2. The third-order valence-electron chi connectivity index (χ3n) is 8.36. The minimum atomic E-state index is -5.16. The third-order valence-corrected chi connectivity index (χ3v) is 8.36. The standard InChI is InChI=1S/C27H22F3N3O8/c1-2-26(38)13-5-16-20-11(7-33(16)24(36)12(13)8-39-25(26)37)19-14(32-23(35)22(34)27(28,29)30)4-3-10-18(19)15(31-20)6-17-21(10)41-9-40-17/h5-6,14,22,34,38H,2-4,7-9H2,1H3,(H,32,35)/t14-,22-,26-/m0/s1. The highest BCUT2D eigenvalue weighted by molar-refractivity contribution is 5.96. The van der Waals surface area contributed by atoms with Gasteiger partial charge in [-0.15, -0.1) is 0 Å². The number of nitrogens with zero attached hydrogens (tertiary/aromatic N) is 2. The van der Waals surface area contributed by atoms with Gasteiger partial charge in [0.15, 0.2) is 17.1 Å². The summed E-state index contributed by atoms with van der Waals surface area (Å²) in [5.41, 5.74) is 0.331. The second-order valence-corrected chi connectivity index (χ2v) is 10.5. The summed E-state index contributed by atoms with van der Waals surface area (Å²) in [4.78, 5) is 43.5. The van der Waals surface area contributed by atoms with Crippen LogP contribution in [0.5, 0.6) is 11.5 Å². The number of hydrogen-bond acceptors (Lipinski definition) is 9. The van der Waals surface area contributed by atoms with Gasteiger partial charge in [-0.25, -0.2) is 9.78 Å². The lowest BCUT2D eigenvalue weighted by Gasteiger charge is -2.31. The lowest BCUT2D eigenvalue weighted by atomic mass is 9.82. The number of nitrogens with one attached hydrogen (secondary N) is 1. The molecular formula is C27H22F3N3O8. The molecule has 1 aromatic carbocycles. The highest BCUT2D eigenvalue weighted by Gasteiger charge is 2.47. The number of esters is 1. The first-order valence-electron chi connectivity index (χ1n) is 12.9. The number of carbonyl (C=O) groups excluding carboxylic acids is 2. The van der Waals surface area contributed by atoms with Crippen LogP contribution in [-0.2, 0) is 39.5 Å². The molecule has 3 N–H and O–H groups in total. The van der Waals surface area contributed by atoms with Gasteiger partial charge in [0.2, 0.25) is 12.9 Å². The Balaban J connectivity index is 1.46. The van der Waals surface area contributed by atoms with Crippen molar-refractivity contribution in [3.63, 3.8) is 0 Å². The van der Waals surface area contributed by atoms with Gasteiger partial charge in [0.1, 0.15) is 6.61 Å². The fourth-order valence-corrected chi connectivity index (χ4v) is 6.33. The van der Waals surface area contributed by atoms with Crippen LogP contribution in [0, 0.1) is 0 Å². The summed E-state index contributed by atoms with van der Waals surface area (Å²) in [7, 11) is 0. The molecule has 1 amide bonds. The number of aliphatic hydroxyl groups is 2. The van der Waals surface area contributed by atoms with Crippen molar-refractivity contribution in [1.82, 2.24) is 14.9 Å². The Kier molecular flexibility index (Phi) is 5.30. The number of halogens is 3. The fourth-order valence-electron chi connectivity index (χ4n) is 6.33. The van der Waals surface area contributed by atoms with E-state index < -0.39 is 41.4 Å². The van der Waals surface area contributed by atoms with Gasteiger partial charge in [-0.05, 0) is 30.9 Å². The van der Waals surface area contributed by atoms with E-state index >= 15 is 0 Å². The molecule has 0 spiro atoms. The molecule has 0 bridgehead atoms. The van der Waals surface area contributed by atoms with Crippen molar-refractivity contribution in [1.29, 1.82) is 0 Å². The van der Waals surface area contributed by atoms with Crippen LogP contribution in [0.25, 0.3) is 22.3 Å². The number of cyclic esters (lactones) is 1. The average molecular weight is 573 g/mol. The molecule has 0 saturated heterocycles. The maximum atomic E-state index is 13.6. The van der Waals surface area contributed by atoms with Gasteiger partial charge in [0.05, 0.1) is 35.1 Å². The average Bonchev–Trinajstić information content (AvgIpc) is 3.56. The fraction of sp³-hybridized carbons (Fsp3) is 0.407. The molecule has 3 aliphatic heterocycles. The zero-order chi connectivity index (χ0) is 29.0. The molecule has 41 heavy (non-hydrogen) atoms. The predicted molar refractivity (Wildman–Crippen MR) is 132 cm³/mol. The highest BCUT2D eigenvalue weighted by atomic mass is 19.4. The van der Waals surface area contributed by atoms with Crippen molar-refractivity contribution < 1.29 is 47.2 Å². The molecule has 7 rings (SSSR count). The number of aryl methyl sites for hydroxylation is 1. The van der Waals surface area contributed by atoms with Crippen molar-refractivity contribution in [2.75, 3.05) is 6.79 Å². The molecule has 11 nitrogen and oxygen atoms in total. The Morgan fingerprint density at radius 2 is 2.00 bits per heavy atom. The third kappa shape index (κ3) is 3.46. The second-order valence-electron chi connectivity index (χ2n) is 10.5. The maximum Gasteiger partial charge on any atom is 0.423 e. The Morgan fingerprint density at radius 1 is 1.22 bits per heavy atom. The van der Waals surface area contributed by atoms with Crippen LogP contribution in [0.1, 0.15) is 53.6 Å². The molecule has 3 atom stereocenters. The summed E-state index contributed by atoms with van der Waals surface area (Å²) in [5, 5.41) is 23.6. The summed E-state index contributed by atoms with van der Waals surface area (Å²) in [6.07, 6.45) is -7.94. The van der Waals surface area contributed by atoms with Gasteiger partial charge in [-0.2, -0.15) is 13.2 Å². The number of aliphatic hydroxyl groups excluding tert-OH is 1. The number of aromatic nitrogens is 2. The molecule has 0 radical (unpaired) electrons. The van der Waals surface area contributed by atoms with Crippen LogP contribution in [-0.4, -0.2) is 50.7 Å². The number of hydrogen-bond donors (Lipinski definition) is 3. The van der Waals surface area contributed by atoms with Gasteiger partial charge >= 0.3 is 12.1 Å². The smallest absolute Gasteiger partial charge is 0.423 e. The number of ether oxygens (including phenoxy) is 3. The minimum absolute atomic E-state index is 0.0261. The van der Waals surface area contributed by atoms with Crippen molar-refractivity contribution in [2.24, 2.45) is 0 Å². The van der Waals surface area contributed by atoms with Crippen molar-refractivity contribution in [3.8, 4) is 22.9 Å². The summed E-state index contributed by atoms with van der Waals surface area (Å²) in [6, 6.07) is 2.19. The van der Waals surface area contributed by atoms with E-state index in [0.717, 1.165) is 0 Å². The first-order valence-corrected chi connectivity index (χ1v) is 12.9. The van der Waals surface area contributed by atoms with E-state index in [4.69, 9.17) is 19.2 Å². The molecule has 2 aromatic heterocycles. The van der Waals surface area contributed by atoms with Gasteiger partial charge < -0.3 is 34.3 Å². The zero-order valence-corrected chi connectivity index (χ0v) is 21.4. The van der Waals surface area contributed by atoms with Gasteiger partial charge in [-0.3, -0.25) is 9.59 Å².